The summed E-state index contributed by atoms with van der Waals surface area (Å²) < 4.78 is 16.2. The molecule has 0 rings (SSSR count). The Bertz CT molecular complexity index is 254. The third kappa shape index (κ3) is 10.7. The molecule has 0 heterocycles. The van der Waals surface area contributed by atoms with Gasteiger partial charge < -0.3 is 13.6 Å². The van der Waals surface area contributed by atoms with Gasteiger partial charge in [0.1, 0.15) is 6.61 Å². The van der Waals surface area contributed by atoms with Crippen molar-refractivity contribution >= 4 is 23.3 Å². The average Bonchev–Trinajstić information content (AvgIpc) is 2.25. The fourth-order valence-electron chi connectivity index (χ4n) is 1.66. The lowest BCUT2D eigenvalue weighted by Gasteiger charge is -2.25. The molecule has 0 amide bonds. The van der Waals surface area contributed by atoms with Gasteiger partial charge in [0.25, 0.3) is 0 Å². The predicted molar refractivity (Wildman–Crippen MR) is 78.8 cm³/mol. The highest BCUT2D eigenvalue weighted by Crippen LogP contribution is 2.14. The highest BCUT2D eigenvalue weighted by atomic mass is 28.4. The van der Waals surface area contributed by atoms with Gasteiger partial charge in [-0.2, -0.15) is 0 Å². The minimum absolute atomic E-state index is 0.293. The molecule has 0 bridgehead atoms. The molecule has 0 aromatic carbocycles. The van der Waals surface area contributed by atoms with E-state index in [1.165, 1.54) is 0 Å². The first-order valence-electron chi connectivity index (χ1n) is 6.42. The van der Waals surface area contributed by atoms with Crippen molar-refractivity contribution in [1.29, 1.82) is 0 Å². The lowest BCUT2D eigenvalue weighted by atomic mass is 10.5. The van der Waals surface area contributed by atoms with Gasteiger partial charge in [-0.05, 0) is 38.7 Å². The summed E-state index contributed by atoms with van der Waals surface area (Å²) in [5.41, 5.74) is 0. The minimum Gasteiger partial charge on any atom is -0.460 e. The SMILES string of the molecule is C=CC(=O)OCCOCCC[Si](C)(C)O[SiH](C)C. The minimum atomic E-state index is -1.48. The van der Waals surface area contributed by atoms with E-state index in [4.69, 9.17) is 13.6 Å². The molecular weight excluding hydrogens is 264 g/mol. The average molecular weight is 291 g/mol. The van der Waals surface area contributed by atoms with Crippen molar-refractivity contribution in [1.82, 2.24) is 0 Å². The molecule has 0 spiro atoms. The Morgan fingerprint density at radius 3 is 2.50 bits per heavy atom. The van der Waals surface area contributed by atoms with E-state index in [0.29, 0.717) is 19.8 Å². The molecule has 0 aliphatic heterocycles. The summed E-state index contributed by atoms with van der Waals surface area (Å²) in [6.45, 7) is 13.7. The van der Waals surface area contributed by atoms with Crippen molar-refractivity contribution in [2.75, 3.05) is 19.8 Å². The van der Waals surface area contributed by atoms with E-state index in [1.54, 1.807) is 0 Å². The number of hydrogen-bond donors (Lipinski definition) is 0. The molecule has 18 heavy (non-hydrogen) atoms. The second-order valence-electron chi connectivity index (χ2n) is 5.01. The van der Waals surface area contributed by atoms with Crippen LogP contribution in [0.4, 0.5) is 0 Å². The van der Waals surface area contributed by atoms with Crippen LogP contribution in [0.3, 0.4) is 0 Å². The van der Waals surface area contributed by atoms with Crippen molar-refractivity contribution in [3.05, 3.63) is 12.7 Å². The van der Waals surface area contributed by atoms with Gasteiger partial charge in [-0.3, -0.25) is 0 Å². The Balaban J connectivity index is 3.45. The van der Waals surface area contributed by atoms with Gasteiger partial charge in [0.2, 0.25) is 0 Å². The molecular formula is C12H26O4Si2. The largest absolute Gasteiger partial charge is 0.460 e. The molecule has 0 unspecified atom stereocenters. The Hall–Kier alpha value is -0.436. The Labute approximate surface area is 113 Å². The van der Waals surface area contributed by atoms with Crippen molar-refractivity contribution in [3.8, 4) is 0 Å². The zero-order valence-electron chi connectivity index (χ0n) is 12.0. The highest BCUT2D eigenvalue weighted by Gasteiger charge is 2.22. The lowest BCUT2D eigenvalue weighted by molar-refractivity contribution is -0.139. The molecule has 0 saturated carbocycles. The van der Waals surface area contributed by atoms with Crippen LogP contribution in [0.15, 0.2) is 12.7 Å². The van der Waals surface area contributed by atoms with Crippen LogP contribution in [0, 0.1) is 0 Å². The van der Waals surface area contributed by atoms with E-state index in [9.17, 15) is 4.79 Å². The Morgan fingerprint density at radius 1 is 1.28 bits per heavy atom. The van der Waals surface area contributed by atoms with Gasteiger partial charge in [-0.1, -0.05) is 6.58 Å². The van der Waals surface area contributed by atoms with Crippen molar-refractivity contribution in [2.24, 2.45) is 0 Å². The van der Waals surface area contributed by atoms with Crippen LogP contribution in [0.25, 0.3) is 0 Å². The van der Waals surface area contributed by atoms with Gasteiger partial charge in [0.05, 0.1) is 6.61 Å². The predicted octanol–water partition coefficient (Wildman–Crippen LogP) is 2.33. The number of esters is 1. The van der Waals surface area contributed by atoms with Gasteiger partial charge in [-0.15, -0.1) is 0 Å². The maximum atomic E-state index is 10.7. The summed E-state index contributed by atoms with van der Waals surface area (Å²) in [5.74, 6) is -0.401. The molecule has 6 heteroatoms. The zero-order chi connectivity index (χ0) is 14.0. The highest BCUT2D eigenvalue weighted by molar-refractivity contribution is 6.77. The second kappa shape index (κ2) is 9.49. The van der Waals surface area contributed by atoms with E-state index in [1.807, 2.05) is 0 Å². The van der Waals surface area contributed by atoms with Crippen LogP contribution < -0.4 is 0 Å². The van der Waals surface area contributed by atoms with E-state index in [0.717, 1.165) is 18.5 Å². The van der Waals surface area contributed by atoms with Crippen LogP contribution in [0.2, 0.25) is 32.2 Å². The number of carbonyl (C=O) groups excluding carboxylic acids is 1. The van der Waals surface area contributed by atoms with E-state index < -0.39 is 23.3 Å². The first kappa shape index (κ1) is 17.6. The third-order valence-electron chi connectivity index (χ3n) is 2.26. The number of rotatable bonds is 10. The fourth-order valence-corrected chi connectivity index (χ4v) is 8.23. The Kier molecular flexibility index (Phi) is 9.26. The molecule has 0 fully saturated rings. The molecule has 106 valence electrons. The fraction of sp³-hybridized carbons (Fsp3) is 0.750. The van der Waals surface area contributed by atoms with Crippen LogP contribution >= 0.6 is 0 Å². The molecule has 0 aromatic heterocycles. The summed E-state index contributed by atoms with van der Waals surface area (Å²) in [7, 11) is -2.40. The number of carbonyl (C=O) groups is 1. The summed E-state index contributed by atoms with van der Waals surface area (Å²) >= 11 is 0. The smallest absolute Gasteiger partial charge is 0.330 e. The lowest BCUT2D eigenvalue weighted by Crippen LogP contribution is -2.35. The summed E-state index contributed by atoms with van der Waals surface area (Å²) in [6, 6.07) is 1.12. The summed E-state index contributed by atoms with van der Waals surface area (Å²) in [6.07, 6.45) is 2.16. The Morgan fingerprint density at radius 2 is 1.94 bits per heavy atom. The van der Waals surface area contributed by atoms with Crippen LogP contribution in [-0.4, -0.2) is 43.1 Å². The molecule has 0 N–H and O–H groups in total. The maximum Gasteiger partial charge on any atom is 0.330 e. The summed E-state index contributed by atoms with van der Waals surface area (Å²) in [5, 5.41) is 0. The quantitative estimate of drug-likeness (QED) is 0.268. The van der Waals surface area contributed by atoms with Gasteiger partial charge in [-0.25, -0.2) is 4.79 Å². The molecule has 0 aromatic rings. The molecule has 0 radical (unpaired) electrons. The van der Waals surface area contributed by atoms with E-state index >= 15 is 0 Å². The van der Waals surface area contributed by atoms with Gasteiger partial charge in [0, 0.05) is 12.7 Å². The standard InChI is InChI=1S/C12H26O4Si2/c1-6-12(13)15-10-9-14-8-7-11-18(4,5)16-17(2)3/h6,17H,1,7-11H2,2-5H3. The summed E-state index contributed by atoms with van der Waals surface area (Å²) in [4.78, 5) is 10.7. The molecule has 0 atom stereocenters. The van der Waals surface area contributed by atoms with Gasteiger partial charge in [0.15, 0.2) is 17.4 Å². The van der Waals surface area contributed by atoms with Crippen LogP contribution in [0.1, 0.15) is 6.42 Å². The van der Waals surface area contributed by atoms with Crippen molar-refractivity contribution < 1.29 is 18.4 Å². The molecule has 0 aliphatic carbocycles. The molecule has 0 saturated heterocycles. The van der Waals surface area contributed by atoms with Crippen LogP contribution in [-0.2, 0) is 18.4 Å². The number of hydrogen-bond acceptors (Lipinski definition) is 4. The van der Waals surface area contributed by atoms with Crippen LogP contribution in [0.5, 0.6) is 0 Å². The topological polar surface area (TPSA) is 44.8 Å². The van der Waals surface area contributed by atoms with Gasteiger partial charge >= 0.3 is 5.97 Å². The first-order chi connectivity index (χ1) is 8.37. The zero-order valence-corrected chi connectivity index (χ0v) is 14.2. The normalized spacial score (nSPS) is 11.6. The van der Waals surface area contributed by atoms with E-state index in [-0.39, 0.29) is 0 Å². The molecule has 0 aliphatic rings. The maximum absolute atomic E-state index is 10.7. The van der Waals surface area contributed by atoms with Crippen molar-refractivity contribution in [2.45, 2.75) is 38.7 Å². The monoisotopic (exact) mass is 290 g/mol. The third-order valence-corrected chi connectivity index (χ3v) is 8.26. The van der Waals surface area contributed by atoms with E-state index in [2.05, 4.69) is 32.8 Å². The second-order valence-corrected chi connectivity index (χ2v) is 12.1. The van der Waals surface area contributed by atoms with Crippen molar-refractivity contribution in [3.63, 3.8) is 0 Å². The first-order valence-corrected chi connectivity index (χ1v) is 12.3. The number of ether oxygens (including phenoxy) is 2. The molecule has 4 nitrogen and oxygen atoms in total.